The number of benzene rings is 4. The summed E-state index contributed by atoms with van der Waals surface area (Å²) in [5.41, 5.74) is 3.52. The van der Waals surface area contributed by atoms with Gasteiger partial charge in [0, 0.05) is 99.3 Å². The second kappa shape index (κ2) is 27.1. The fourth-order valence-corrected chi connectivity index (χ4v) is 13.7. The van der Waals surface area contributed by atoms with Crippen molar-refractivity contribution in [1.82, 2.24) is 15.0 Å². The minimum Gasteiger partial charge on any atom is -0.870 e. The number of nitriles is 2. The molecule has 4 aromatic carbocycles. The van der Waals surface area contributed by atoms with Gasteiger partial charge in [0.25, 0.3) is 0 Å². The molecule has 17 heteroatoms. The molecule has 80 heavy (non-hydrogen) atoms. The molecule has 10 aromatic rings. The van der Waals surface area contributed by atoms with Gasteiger partial charge in [-0.1, -0.05) is 68.1 Å². The average Bonchev–Trinajstić information content (AvgIpc) is 4.17. The Morgan fingerprint density at radius 3 is 1.25 bits per heavy atom. The number of carbonyl (C=O) groups is 3. The van der Waals surface area contributed by atoms with Crippen molar-refractivity contribution in [3.63, 3.8) is 0 Å². The van der Waals surface area contributed by atoms with E-state index in [-0.39, 0.29) is 43.7 Å². The monoisotopic (exact) mass is 1180 g/mol. The summed E-state index contributed by atoms with van der Waals surface area (Å²) in [6.45, 7) is 15.6. The number of rotatable bonds is 13. The van der Waals surface area contributed by atoms with Crippen LogP contribution in [0.2, 0.25) is 0 Å². The van der Waals surface area contributed by atoms with Gasteiger partial charge in [-0.15, -0.1) is 34.0 Å². The maximum absolute atomic E-state index is 12.3. The van der Waals surface area contributed by atoms with E-state index in [1.807, 2.05) is 151 Å². The molecule has 0 aliphatic rings. The zero-order chi connectivity index (χ0) is 55.2. The van der Waals surface area contributed by atoms with E-state index in [1.165, 1.54) is 9.58 Å². The number of carboxylic acid groups (broad SMARTS) is 1. The van der Waals surface area contributed by atoms with Crippen molar-refractivity contribution in [3.05, 3.63) is 158 Å². The largest absolute Gasteiger partial charge is 1.00 e. The molecule has 6 aromatic heterocycles. The number of carboxylic acids is 1. The van der Waals surface area contributed by atoms with Gasteiger partial charge in [0.1, 0.15) is 0 Å². The van der Waals surface area contributed by atoms with Crippen LogP contribution < -0.4 is 18.9 Å². The van der Waals surface area contributed by atoms with Crippen LogP contribution in [0.4, 0.5) is 0 Å². The second-order valence-corrected chi connectivity index (χ2v) is 24.7. The summed E-state index contributed by atoms with van der Waals surface area (Å²) >= 11 is 8.49. The summed E-state index contributed by atoms with van der Waals surface area (Å²) < 4.78 is 14.7. The molecule has 0 spiro atoms. The number of ether oxygens (including phenoxy) is 2. The predicted octanol–water partition coefficient (Wildman–Crippen LogP) is 13.4. The summed E-state index contributed by atoms with van der Waals surface area (Å²) in [7, 11) is 0. The molecule has 406 valence electrons. The first-order valence-electron chi connectivity index (χ1n) is 25.0. The van der Waals surface area contributed by atoms with Crippen LogP contribution in [0.15, 0.2) is 133 Å². The number of nitrogens with zero attached hydrogens (tertiary/aromatic N) is 5. The molecule has 0 unspecified atom stereocenters. The molecule has 0 saturated carbocycles. The first kappa shape index (κ1) is 64.0. The van der Waals surface area contributed by atoms with Crippen LogP contribution in [0.5, 0.6) is 0 Å². The number of fused-ring (bicyclic) bond motifs is 5. The summed E-state index contributed by atoms with van der Waals surface area (Å²) in [5, 5.41) is 35.4. The smallest absolute Gasteiger partial charge is 0.870 e. The molecular formula is C63H61BrLiN5O7S3. The third-order valence-electron chi connectivity index (χ3n) is 13.1. The van der Waals surface area contributed by atoms with Gasteiger partial charge in [-0.2, -0.15) is 10.5 Å². The SMILES string of the molecule is C.CC(C)(Cc1cc2cncc(-c3ccc(C#N)c4ccccc34)c2s1)C(=O)O.CCOC(=O)C(C)(C)Cc1cc2cncc(-c3ccc(C#N)c4ccccc34)c2s1.CCOC(=O)C(C)(C)Cc1cc2cncc(Br)c2s1.[Li+].[OH-]. The van der Waals surface area contributed by atoms with Crippen molar-refractivity contribution in [2.45, 2.75) is 82.1 Å². The van der Waals surface area contributed by atoms with Crippen molar-refractivity contribution < 1.29 is 53.3 Å². The molecule has 6 heterocycles. The number of aromatic nitrogens is 3. The summed E-state index contributed by atoms with van der Waals surface area (Å²) in [6, 6.07) is 34.3. The van der Waals surface area contributed by atoms with Crippen LogP contribution in [0, 0.1) is 38.9 Å². The van der Waals surface area contributed by atoms with Crippen LogP contribution in [0.1, 0.15) is 88.6 Å². The van der Waals surface area contributed by atoms with Crippen LogP contribution >= 0.6 is 49.9 Å². The topological polar surface area (TPSA) is 206 Å². The predicted molar refractivity (Wildman–Crippen MR) is 324 cm³/mol. The number of carbonyl (C=O) groups excluding carboxylic acids is 2. The van der Waals surface area contributed by atoms with Gasteiger partial charge in [0.2, 0.25) is 0 Å². The van der Waals surface area contributed by atoms with E-state index < -0.39 is 22.2 Å². The number of hydrogen-bond donors (Lipinski definition) is 1. The number of halogens is 1. The van der Waals surface area contributed by atoms with E-state index in [1.54, 1.807) is 54.1 Å². The molecule has 0 atom stereocenters. The molecule has 0 radical (unpaired) electrons. The van der Waals surface area contributed by atoms with E-state index >= 15 is 0 Å². The van der Waals surface area contributed by atoms with Crippen LogP contribution in [0.3, 0.4) is 0 Å². The van der Waals surface area contributed by atoms with Gasteiger partial charge in [0.15, 0.2) is 0 Å². The Morgan fingerprint density at radius 1 is 0.537 bits per heavy atom. The zero-order valence-corrected chi connectivity index (χ0v) is 49.5. The summed E-state index contributed by atoms with van der Waals surface area (Å²) in [6.07, 6.45) is 12.8. The minimum absolute atomic E-state index is 0. The third kappa shape index (κ3) is 14.0. The summed E-state index contributed by atoms with van der Waals surface area (Å²) in [5.74, 6) is -1.13. The van der Waals surface area contributed by atoms with Crippen molar-refractivity contribution >= 4 is 120 Å². The van der Waals surface area contributed by atoms with Crippen molar-refractivity contribution in [2.75, 3.05) is 13.2 Å². The minimum atomic E-state index is -0.824. The molecule has 2 N–H and O–H groups in total. The van der Waals surface area contributed by atoms with E-state index in [0.29, 0.717) is 43.6 Å². The normalized spacial score (nSPS) is 11.2. The Labute approximate surface area is 499 Å². The maximum Gasteiger partial charge on any atom is 1.00 e. The van der Waals surface area contributed by atoms with E-state index in [2.05, 4.69) is 55.2 Å². The second-order valence-electron chi connectivity index (χ2n) is 20.5. The molecule has 0 aliphatic heterocycles. The van der Waals surface area contributed by atoms with Crippen LogP contribution in [-0.2, 0) is 43.1 Å². The first-order chi connectivity index (χ1) is 36.8. The molecule has 0 aliphatic carbocycles. The zero-order valence-electron chi connectivity index (χ0n) is 45.4. The fourth-order valence-electron chi connectivity index (χ4n) is 9.10. The Kier molecular flexibility index (Phi) is 21.7. The maximum atomic E-state index is 12.3. The summed E-state index contributed by atoms with van der Waals surface area (Å²) in [4.78, 5) is 52.1. The average molecular weight is 1180 g/mol. The van der Waals surface area contributed by atoms with Gasteiger partial charge in [-0.05, 0) is 143 Å². The van der Waals surface area contributed by atoms with Gasteiger partial charge in [0.05, 0.1) is 61.9 Å². The molecule has 0 fully saturated rings. The number of aliphatic carboxylic acids is 1. The Balaban J connectivity index is 0.000000222. The molecule has 0 saturated heterocycles. The van der Waals surface area contributed by atoms with Crippen LogP contribution in [0.25, 0.3) is 74.1 Å². The molecular weight excluding hydrogens is 1120 g/mol. The Morgan fingerprint density at radius 2 is 0.887 bits per heavy atom. The van der Waals surface area contributed by atoms with Crippen molar-refractivity contribution in [3.8, 4) is 34.4 Å². The number of pyridine rings is 3. The third-order valence-corrected chi connectivity index (χ3v) is 17.5. The van der Waals surface area contributed by atoms with E-state index in [0.717, 1.165) is 83.6 Å². The molecule has 12 nitrogen and oxygen atoms in total. The van der Waals surface area contributed by atoms with Gasteiger partial charge in [-0.25, -0.2) is 0 Å². The van der Waals surface area contributed by atoms with Crippen molar-refractivity contribution in [2.24, 2.45) is 16.2 Å². The molecule has 10 rings (SSSR count). The standard InChI is InChI=1S/C25H22N2O2S.C23H18N2O2S.C14H16BrNO2S.CH4.Li.H2O/c1-4-29-24(28)25(2,3)12-18-11-17-14-27-15-22(23(17)30-18)21-10-9-16(13-26)19-7-5-6-8-20(19)21;1-23(2,22(26)27)10-16-9-15-12-25-13-20(21(15)28-16)19-8-7-14(11-24)17-5-3-4-6-18(17)19;1-4-18-13(17)14(2,3)6-10-5-9-7-16-8-11(15)12(9)19-10;;;/h5-11,14-15H,4,12H2,1-3H3;3-9,12-13H,10H2,1-2H3,(H,26,27);5,7-8H,4,6H2,1-3H3;1H4;;1H2/q;;;;+1;/p-1. The number of hydrogen-bond acceptors (Lipinski definition) is 14. The van der Waals surface area contributed by atoms with Gasteiger partial charge >= 0.3 is 36.8 Å². The van der Waals surface area contributed by atoms with E-state index in [4.69, 9.17) is 9.47 Å². The number of esters is 2. The van der Waals surface area contributed by atoms with E-state index in [9.17, 15) is 30.0 Å². The number of thiophene rings is 3. The van der Waals surface area contributed by atoms with Crippen molar-refractivity contribution in [1.29, 1.82) is 10.5 Å². The quantitative estimate of drug-likeness (QED) is 0.0845. The van der Waals surface area contributed by atoms with Crippen LogP contribution in [-0.4, -0.2) is 56.7 Å². The molecule has 0 amide bonds. The first-order valence-corrected chi connectivity index (χ1v) is 28.2. The van der Waals surface area contributed by atoms with Gasteiger partial charge < -0.3 is 20.1 Å². The Bertz CT molecular complexity index is 3970. The van der Waals surface area contributed by atoms with Gasteiger partial charge in [-0.3, -0.25) is 29.3 Å². The fraction of sp³-hybridized carbons (Fsp3) is 0.270. The Hall–Kier alpha value is -6.84. The molecule has 0 bridgehead atoms.